The average Bonchev–Trinajstić information content (AvgIpc) is 1.95. The molecule has 0 N–H and O–H groups in total. The van der Waals surface area contributed by atoms with Crippen LogP contribution in [-0.2, 0) is 9.53 Å². The van der Waals surface area contributed by atoms with E-state index in [2.05, 4.69) is 27.7 Å². The van der Waals surface area contributed by atoms with Gasteiger partial charge in [0.25, 0.3) is 0 Å². The third kappa shape index (κ3) is 7.58. The summed E-state index contributed by atoms with van der Waals surface area (Å²) in [5, 5.41) is 0. The molecule has 0 unspecified atom stereocenters. The molecule has 0 aliphatic carbocycles. The number of hydrogen-bond acceptors (Lipinski definition) is 2. The number of carbonyl (C=O) groups is 1. The molecule has 0 bridgehead atoms. The fourth-order valence-corrected chi connectivity index (χ4v) is 0.690. The molecule has 0 radical (unpaired) electrons. The van der Waals surface area contributed by atoms with Crippen LogP contribution >= 0.6 is 0 Å². The highest BCUT2D eigenvalue weighted by Crippen LogP contribution is 2.13. The molecule has 12 heavy (non-hydrogen) atoms. The summed E-state index contributed by atoms with van der Waals surface area (Å²) >= 11 is 0. The van der Waals surface area contributed by atoms with Crippen molar-refractivity contribution in [3.63, 3.8) is 0 Å². The molecule has 0 saturated heterocycles. The highest BCUT2D eigenvalue weighted by molar-refractivity contribution is 5.69. The third-order valence-electron chi connectivity index (χ3n) is 1.40. The Kier molecular flexibility index (Phi) is 4.95. The lowest BCUT2D eigenvalue weighted by Gasteiger charge is -2.17. The number of unbranched alkanes of at least 4 members (excludes halogenated alkanes) is 1. The van der Waals surface area contributed by atoms with Crippen molar-refractivity contribution in [2.45, 2.75) is 47.0 Å². The minimum atomic E-state index is -0.0632. The molecule has 0 aliphatic rings. The second kappa shape index (κ2) is 5.18. The molecule has 0 aliphatic heterocycles. The molecule has 72 valence electrons. The van der Waals surface area contributed by atoms with Gasteiger partial charge >= 0.3 is 5.97 Å². The second-order valence-corrected chi connectivity index (χ2v) is 4.32. The molecule has 0 saturated carbocycles. The van der Waals surface area contributed by atoms with Crippen LogP contribution in [0, 0.1) is 5.41 Å². The predicted octanol–water partition coefficient (Wildman–Crippen LogP) is 2.77. The van der Waals surface area contributed by atoms with Gasteiger partial charge in [0, 0.05) is 6.42 Å². The van der Waals surface area contributed by atoms with Crippen LogP contribution < -0.4 is 0 Å². The second-order valence-electron chi connectivity index (χ2n) is 4.32. The van der Waals surface area contributed by atoms with Gasteiger partial charge in [-0.3, -0.25) is 4.79 Å². The summed E-state index contributed by atoms with van der Waals surface area (Å²) in [6.07, 6.45) is 2.54. The van der Waals surface area contributed by atoms with Crippen LogP contribution in [0.2, 0.25) is 0 Å². The zero-order valence-corrected chi connectivity index (χ0v) is 8.64. The Morgan fingerprint density at radius 1 is 1.33 bits per heavy atom. The van der Waals surface area contributed by atoms with Crippen LogP contribution in [-0.4, -0.2) is 12.6 Å². The number of rotatable bonds is 4. The minimum Gasteiger partial charge on any atom is -0.465 e. The Labute approximate surface area is 75.3 Å². The van der Waals surface area contributed by atoms with Crippen molar-refractivity contribution in [2.75, 3.05) is 6.61 Å². The van der Waals surface area contributed by atoms with Crippen molar-refractivity contribution in [1.82, 2.24) is 0 Å². The largest absolute Gasteiger partial charge is 0.465 e. The first kappa shape index (κ1) is 11.5. The van der Waals surface area contributed by atoms with E-state index in [1.165, 1.54) is 0 Å². The van der Waals surface area contributed by atoms with Gasteiger partial charge in [0.1, 0.15) is 0 Å². The van der Waals surface area contributed by atoms with Crippen LogP contribution in [0.1, 0.15) is 47.0 Å². The molecule has 0 atom stereocenters. The monoisotopic (exact) mass is 172 g/mol. The number of esters is 1. The van der Waals surface area contributed by atoms with Gasteiger partial charge in [0.2, 0.25) is 0 Å². The molecule has 0 fully saturated rings. The maximum absolute atomic E-state index is 11.0. The molecule has 0 aromatic heterocycles. The van der Waals surface area contributed by atoms with E-state index in [0.717, 1.165) is 12.8 Å². The Morgan fingerprint density at radius 3 is 2.33 bits per heavy atom. The van der Waals surface area contributed by atoms with Gasteiger partial charge in [0.05, 0.1) is 6.61 Å². The molecule has 2 nitrogen and oxygen atoms in total. The van der Waals surface area contributed by atoms with Crippen LogP contribution in [0.5, 0.6) is 0 Å². The quantitative estimate of drug-likeness (QED) is 0.609. The van der Waals surface area contributed by atoms with Gasteiger partial charge < -0.3 is 4.74 Å². The van der Waals surface area contributed by atoms with Crippen molar-refractivity contribution in [3.05, 3.63) is 0 Å². The maximum atomic E-state index is 11.0. The van der Waals surface area contributed by atoms with Gasteiger partial charge in [-0.1, -0.05) is 34.1 Å². The first-order chi connectivity index (χ1) is 5.45. The van der Waals surface area contributed by atoms with Crippen molar-refractivity contribution in [2.24, 2.45) is 5.41 Å². The Morgan fingerprint density at radius 2 is 1.92 bits per heavy atom. The molecule has 0 rings (SSSR count). The lowest BCUT2D eigenvalue weighted by Crippen LogP contribution is -2.18. The summed E-state index contributed by atoms with van der Waals surface area (Å²) in [5.74, 6) is -0.0632. The van der Waals surface area contributed by atoms with Crippen molar-refractivity contribution >= 4 is 5.97 Å². The highest BCUT2D eigenvalue weighted by Gasteiger charge is 2.12. The Balaban J connectivity index is 3.44. The molecule has 0 heterocycles. The van der Waals surface area contributed by atoms with E-state index in [-0.39, 0.29) is 11.4 Å². The summed E-state index contributed by atoms with van der Waals surface area (Å²) < 4.78 is 5.07. The minimum absolute atomic E-state index is 0.0632. The van der Waals surface area contributed by atoms with Crippen LogP contribution in [0.3, 0.4) is 0 Å². The fourth-order valence-electron chi connectivity index (χ4n) is 0.690. The number of ether oxygens (including phenoxy) is 1. The summed E-state index contributed by atoms with van der Waals surface area (Å²) in [4.78, 5) is 11.0. The van der Waals surface area contributed by atoms with Crippen LogP contribution in [0.15, 0.2) is 0 Å². The molecular formula is C10H20O2. The fraction of sp³-hybridized carbons (Fsp3) is 0.900. The Bertz CT molecular complexity index is 133. The summed E-state index contributed by atoms with van der Waals surface area (Å²) in [5.41, 5.74) is 0.0852. The molecule has 0 spiro atoms. The van der Waals surface area contributed by atoms with Crippen LogP contribution in [0.4, 0.5) is 0 Å². The maximum Gasteiger partial charge on any atom is 0.305 e. The zero-order valence-electron chi connectivity index (χ0n) is 8.64. The zero-order chi connectivity index (χ0) is 9.61. The Hall–Kier alpha value is -0.530. The smallest absolute Gasteiger partial charge is 0.305 e. The van der Waals surface area contributed by atoms with E-state index >= 15 is 0 Å². The van der Waals surface area contributed by atoms with Gasteiger partial charge in [-0.15, -0.1) is 0 Å². The standard InChI is InChI=1S/C10H20O2/c1-5-6-7-9(11)12-8-10(2,3)4/h5-8H2,1-4H3. The van der Waals surface area contributed by atoms with E-state index < -0.39 is 0 Å². The van der Waals surface area contributed by atoms with E-state index in [1.807, 2.05) is 0 Å². The molecule has 0 aromatic rings. The SMILES string of the molecule is CCCCC(=O)OCC(C)(C)C. The lowest BCUT2D eigenvalue weighted by atomic mass is 9.99. The van der Waals surface area contributed by atoms with Crippen molar-refractivity contribution in [1.29, 1.82) is 0 Å². The summed E-state index contributed by atoms with van der Waals surface area (Å²) in [6.45, 7) is 8.76. The molecule has 0 amide bonds. The van der Waals surface area contributed by atoms with Gasteiger partial charge in [-0.05, 0) is 11.8 Å². The molecular weight excluding hydrogens is 152 g/mol. The number of carbonyl (C=O) groups excluding carboxylic acids is 1. The highest BCUT2D eigenvalue weighted by atomic mass is 16.5. The van der Waals surface area contributed by atoms with E-state index in [0.29, 0.717) is 13.0 Å². The van der Waals surface area contributed by atoms with E-state index in [9.17, 15) is 4.79 Å². The first-order valence-corrected chi connectivity index (χ1v) is 4.61. The van der Waals surface area contributed by atoms with Gasteiger partial charge in [-0.25, -0.2) is 0 Å². The number of hydrogen-bond donors (Lipinski definition) is 0. The predicted molar refractivity (Wildman–Crippen MR) is 49.9 cm³/mol. The van der Waals surface area contributed by atoms with Gasteiger partial charge in [0.15, 0.2) is 0 Å². The van der Waals surface area contributed by atoms with E-state index in [4.69, 9.17) is 4.74 Å². The van der Waals surface area contributed by atoms with Crippen LogP contribution in [0.25, 0.3) is 0 Å². The third-order valence-corrected chi connectivity index (χ3v) is 1.40. The topological polar surface area (TPSA) is 26.3 Å². The first-order valence-electron chi connectivity index (χ1n) is 4.61. The van der Waals surface area contributed by atoms with E-state index in [1.54, 1.807) is 0 Å². The lowest BCUT2D eigenvalue weighted by molar-refractivity contribution is -0.146. The normalized spacial score (nSPS) is 11.3. The van der Waals surface area contributed by atoms with Gasteiger partial charge in [-0.2, -0.15) is 0 Å². The van der Waals surface area contributed by atoms with Crippen molar-refractivity contribution < 1.29 is 9.53 Å². The summed E-state index contributed by atoms with van der Waals surface area (Å²) in [6, 6.07) is 0. The molecule has 2 heteroatoms. The average molecular weight is 172 g/mol. The van der Waals surface area contributed by atoms with Crippen molar-refractivity contribution in [3.8, 4) is 0 Å². The molecule has 0 aromatic carbocycles. The summed E-state index contributed by atoms with van der Waals surface area (Å²) in [7, 11) is 0.